The van der Waals surface area contributed by atoms with Crippen molar-refractivity contribution < 1.29 is 4.79 Å². The quantitative estimate of drug-likeness (QED) is 0.224. The van der Waals surface area contributed by atoms with Crippen LogP contribution < -0.4 is 16.0 Å². The maximum atomic E-state index is 11.7. The maximum Gasteiger partial charge on any atom is 0.223 e. The van der Waals surface area contributed by atoms with Gasteiger partial charge in [0, 0.05) is 32.6 Å². The van der Waals surface area contributed by atoms with Gasteiger partial charge in [0.15, 0.2) is 5.96 Å². The summed E-state index contributed by atoms with van der Waals surface area (Å²) in [5.74, 6) is 3.18. The lowest BCUT2D eigenvalue weighted by Crippen LogP contribution is -2.40. The van der Waals surface area contributed by atoms with E-state index in [0.717, 1.165) is 56.7 Å². The lowest BCUT2D eigenvalue weighted by atomic mass is 9.81. The first kappa shape index (κ1) is 22.5. The van der Waals surface area contributed by atoms with Crippen molar-refractivity contribution in [2.24, 2.45) is 22.7 Å². The van der Waals surface area contributed by atoms with Gasteiger partial charge in [0.25, 0.3) is 0 Å². The van der Waals surface area contributed by atoms with Crippen LogP contribution in [0, 0.1) is 17.8 Å². The number of nitrogens with zero attached hydrogens (tertiary/aromatic N) is 1. The number of carbonyl (C=O) groups is 1. The number of nitrogens with one attached hydrogen (secondary N) is 3. The van der Waals surface area contributed by atoms with Crippen molar-refractivity contribution in [3.63, 3.8) is 0 Å². The Kier molecular flexibility index (Phi) is 11.5. The van der Waals surface area contributed by atoms with Crippen LogP contribution in [0.3, 0.4) is 0 Å². The molecule has 0 heterocycles. The second-order valence-corrected chi connectivity index (χ2v) is 7.62. The van der Waals surface area contributed by atoms with Crippen molar-refractivity contribution in [1.29, 1.82) is 0 Å². The molecule has 0 radical (unpaired) electrons. The largest absolute Gasteiger partial charge is 0.356 e. The lowest BCUT2D eigenvalue weighted by molar-refractivity contribution is -0.127. The summed E-state index contributed by atoms with van der Waals surface area (Å²) in [6, 6.07) is 0. The number of guanidine groups is 1. The summed E-state index contributed by atoms with van der Waals surface area (Å²) < 4.78 is 0. The molecule has 2 atom stereocenters. The predicted octanol–water partition coefficient (Wildman–Crippen LogP) is 3.29. The summed E-state index contributed by atoms with van der Waals surface area (Å²) in [5, 5.41) is 9.78. The fourth-order valence-corrected chi connectivity index (χ4v) is 3.76. The van der Waals surface area contributed by atoms with Gasteiger partial charge in [-0.1, -0.05) is 32.6 Å². The molecule has 146 valence electrons. The highest BCUT2D eigenvalue weighted by molar-refractivity contribution is 14.0. The molecule has 2 rings (SSSR count). The first-order valence-electron chi connectivity index (χ1n) is 9.91. The van der Waals surface area contributed by atoms with Gasteiger partial charge in [-0.15, -0.1) is 24.0 Å². The monoisotopic (exact) mass is 464 g/mol. The van der Waals surface area contributed by atoms with E-state index in [1.807, 2.05) is 7.05 Å². The molecule has 2 aliphatic carbocycles. The average molecular weight is 464 g/mol. The molecule has 0 aromatic carbocycles. The highest BCUT2D eigenvalue weighted by atomic mass is 127. The minimum Gasteiger partial charge on any atom is -0.356 e. The Labute approximate surface area is 170 Å². The number of carbonyl (C=O) groups excluding carboxylic acids is 1. The third-order valence-electron chi connectivity index (χ3n) is 5.53. The highest BCUT2D eigenvalue weighted by Gasteiger charge is 2.24. The van der Waals surface area contributed by atoms with E-state index in [1.165, 1.54) is 38.5 Å². The van der Waals surface area contributed by atoms with Gasteiger partial charge in [0.05, 0.1) is 0 Å². The Morgan fingerprint density at radius 3 is 2.32 bits per heavy atom. The van der Waals surface area contributed by atoms with Crippen molar-refractivity contribution in [1.82, 2.24) is 16.0 Å². The summed E-state index contributed by atoms with van der Waals surface area (Å²) in [6.07, 6.45) is 11.1. The first-order chi connectivity index (χ1) is 11.7. The van der Waals surface area contributed by atoms with Crippen LogP contribution in [0.2, 0.25) is 0 Å². The number of hydrogen-bond acceptors (Lipinski definition) is 2. The van der Waals surface area contributed by atoms with Gasteiger partial charge in [-0.05, 0) is 43.9 Å². The summed E-state index contributed by atoms with van der Waals surface area (Å²) >= 11 is 0. The van der Waals surface area contributed by atoms with E-state index in [4.69, 9.17) is 0 Å². The smallest absolute Gasteiger partial charge is 0.223 e. The zero-order chi connectivity index (χ0) is 17.2. The highest BCUT2D eigenvalue weighted by Crippen LogP contribution is 2.30. The maximum absolute atomic E-state index is 11.7. The van der Waals surface area contributed by atoms with Crippen LogP contribution in [0.25, 0.3) is 0 Å². The zero-order valence-corrected chi connectivity index (χ0v) is 18.3. The molecule has 0 aromatic rings. The molecule has 2 unspecified atom stereocenters. The minimum atomic E-state index is 0. The first-order valence-corrected chi connectivity index (χ1v) is 9.91. The topological polar surface area (TPSA) is 65.5 Å². The molecule has 1 amide bonds. The molecule has 0 saturated heterocycles. The normalized spacial score (nSPS) is 24.0. The van der Waals surface area contributed by atoms with Crippen molar-refractivity contribution in [3.8, 4) is 0 Å². The van der Waals surface area contributed by atoms with Crippen LogP contribution in [-0.4, -0.2) is 38.5 Å². The van der Waals surface area contributed by atoms with E-state index in [2.05, 4.69) is 27.9 Å². The van der Waals surface area contributed by atoms with Crippen molar-refractivity contribution in [3.05, 3.63) is 0 Å². The Bertz CT molecular complexity index is 412. The van der Waals surface area contributed by atoms with E-state index in [0.29, 0.717) is 0 Å². The SMILES string of the molecule is CN=C(NCCCNC(=O)C1CCC1)NCCC1CCCC(C)C1.I. The summed E-state index contributed by atoms with van der Waals surface area (Å²) in [7, 11) is 1.82. The zero-order valence-electron chi connectivity index (χ0n) is 16.0. The lowest BCUT2D eigenvalue weighted by Gasteiger charge is -2.26. The predicted molar refractivity (Wildman–Crippen MR) is 115 cm³/mol. The number of rotatable bonds is 8. The molecule has 0 bridgehead atoms. The Hall–Kier alpha value is -0.530. The van der Waals surface area contributed by atoms with E-state index in [-0.39, 0.29) is 35.8 Å². The van der Waals surface area contributed by atoms with E-state index in [9.17, 15) is 4.79 Å². The molecule has 2 aliphatic rings. The molecular formula is C19H37IN4O. The number of halogens is 1. The molecule has 0 aromatic heterocycles. The van der Waals surface area contributed by atoms with E-state index < -0.39 is 0 Å². The molecule has 0 spiro atoms. The minimum absolute atomic E-state index is 0. The summed E-state index contributed by atoms with van der Waals surface area (Å²) in [5.41, 5.74) is 0. The van der Waals surface area contributed by atoms with Gasteiger partial charge in [-0.3, -0.25) is 9.79 Å². The molecule has 3 N–H and O–H groups in total. The van der Waals surface area contributed by atoms with Gasteiger partial charge < -0.3 is 16.0 Å². The Morgan fingerprint density at radius 1 is 1.00 bits per heavy atom. The molecule has 5 nitrogen and oxygen atoms in total. The van der Waals surface area contributed by atoms with Crippen LogP contribution in [0.5, 0.6) is 0 Å². The third kappa shape index (κ3) is 8.60. The van der Waals surface area contributed by atoms with Crippen molar-refractivity contribution >= 4 is 35.8 Å². The number of amides is 1. The van der Waals surface area contributed by atoms with Crippen LogP contribution in [-0.2, 0) is 4.79 Å². The van der Waals surface area contributed by atoms with Gasteiger partial charge in [0.2, 0.25) is 5.91 Å². The molecule has 2 fully saturated rings. The summed E-state index contributed by atoms with van der Waals surface area (Å²) in [6.45, 7) is 4.96. The van der Waals surface area contributed by atoms with Crippen molar-refractivity contribution in [2.75, 3.05) is 26.7 Å². The average Bonchev–Trinajstić information content (AvgIpc) is 2.51. The van der Waals surface area contributed by atoms with E-state index >= 15 is 0 Å². The fraction of sp³-hybridized carbons (Fsp3) is 0.895. The van der Waals surface area contributed by atoms with Gasteiger partial charge in [0.1, 0.15) is 0 Å². The van der Waals surface area contributed by atoms with Crippen molar-refractivity contribution in [2.45, 2.75) is 64.7 Å². The molecule has 25 heavy (non-hydrogen) atoms. The molecular weight excluding hydrogens is 427 g/mol. The Balaban J connectivity index is 0.00000312. The second kappa shape index (κ2) is 12.8. The van der Waals surface area contributed by atoms with Gasteiger partial charge in [-0.25, -0.2) is 0 Å². The van der Waals surface area contributed by atoms with E-state index in [1.54, 1.807) is 0 Å². The molecule has 6 heteroatoms. The third-order valence-corrected chi connectivity index (χ3v) is 5.53. The van der Waals surface area contributed by atoms with Crippen LogP contribution >= 0.6 is 24.0 Å². The number of hydrogen-bond donors (Lipinski definition) is 3. The standard InChI is InChI=1S/C19H36N4O.HI/c1-15-6-3-7-16(14-15)10-13-23-19(20-2)22-12-5-11-21-18(24)17-8-4-9-17;/h15-17H,3-14H2,1-2H3,(H,21,24)(H2,20,22,23);1H. The fourth-order valence-electron chi connectivity index (χ4n) is 3.76. The Morgan fingerprint density at radius 2 is 1.68 bits per heavy atom. The van der Waals surface area contributed by atoms with Gasteiger partial charge >= 0.3 is 0 Å². The van der Waals surface area contributed by atoms with Crippen LogP contribution in [0.15, 0.2) is 4.99 Å². The van der Waals surface area contributed by atoms with Crippen LogP contribution in [0.4, 0.5) is 0 Å². The second-order valence-electron chi connectivity index (χ2n) is 7.62. The molecule has 2 saturated carbocycles. The van der Waals surface area contributed by atoms with Gasteiger partial charge in [-0.2, -0.15) is 0 Å². The summed E-state index contributed by atoms with van der Waals surface area (Å²) in [4.78, 5) is 16.0. The van der Waals surface area contributed by atoms with Crippen LogP contribution in [0.1, 0.15) is 64.7 Å². The molecule has 0 aliphatic heterocycles. The number of aliphatic imine (C=N–C) groups is 1.